The Morgan fingerprint density at radius 2 is 0.627 bits per heavy atom. The summed E-state index contributed by atoms with van der Waals surface area (Å²) in [6, 6.07) is 95.3. The van der Waals surface area contributed by atoms with Crippen LogP contribution in [-0.2, 0) is 5.41 Å². The number of hydrogen-bond donors (Lipinski definition) is 0. The lowest BCUT2D eigenvalue weighted by Crippen LogP contribution is -2.29. The predicted molar refractivity (Wildman–Crippen MR) is 285 cm³/mol. The summed E-state index contributed by atoms with van der Waals surface area (Å²) in [4.78, 5) is 0. The Hall–Kier alpha value is -8.58. The van der Waals surface area contributed by atoms with Gasteiger partial charge in [0.05, 0.1) is 5.41 Å². The highest BCUT2D eigenvalue weighted by atomic mass is 14.5. The van der Waals surface area contributed by atoms with Crippen molar-refractivity contribution in [1.82, 2.24) is 0 Å². The molecule has 0 radical (unpaired) electrons. The molecule has 13 aromatic carbocycles. The summed E-state index contributed by atoms with van der Waals surface area (Å²) >= 11 is 0. The van der Waals surface area contributed by atoms with E-state index in [1.165, 1.54) is 131 Å². The fourth-order valence-electron chi connectivity index (χ4n) is 12.1. The van der Waals surface area contributed by atoms with E-state index in [1.807, 2.05) is 0 Å². The first kappa shape index (κ1) is 37.8. The first-order valence-electron chi connectivity index (χ1n) is 23.4. The third-order valence-corrected chi connectivity index (χ3v) is 14.9. The normalized spacial score (nSPS) is 12.9. The van der Waals surface area contributed by atoms with Crippen molar-refractivity contribution in [2.45, 2.75) is 5.41 Å². The van der Waals surface area contributed by atoms with Crippen molar-refractivity contribution in [3.8, 4) is 44.5 Å². The van der Waals surface area contributed by atoms with Crippen LogP contribution >= 0.6 is 0 Å². The Balaban J connectivity index is 1.01. The summed E-state index contributed by atoms with van der Waals surface area (Å²) in [7, 11) is 0. The first-order valence-corrected chi connectivity index (χ1v) is 23.4. The molecule has 1 aliphatic carbocycles. The molecule has 0 saturated heterocycles. The molecule has 0 fully saturated rings. The average molecular weight is 847 g/mol. The summed E-state index contributed by atoms with van der Waals surface area (Å²) in [5.74, 6) is 0. The maximum Gasteiger partial charge on any atom is 0.0725 e. The lowest BCUT2D eigenvalue weighted by Gasteiger charge is -2.35. The second-order valence-electron chi connectivity index (χ2n) is 18.2. The van der Waals surface area contributed by atoms with Crippen molar-refractivity contribution in [1.29, 1.82) is 0 Å². The summed E-state index contributed by atoms with van der Waals surface area (Å²) < 4.78 is 0. The van der Waals surface area contributed by atoms with E-state index in [-0.39, 0.29) is 0 Å². The minimum atomic E-state index is -0.581. The van der Waals surface area contributed by atoms with E-state index in [0.717, 1.165) is 0 Å². The highest BCUT2D eigenvalue weighted by molar-refractivity contribution is 6.23. The summed E-state index contributed by atoms with van der Waals surface area (Å²) in [6.45, 7) is 0. The fourth-order valence-corrected chi connectivity index (χ4v) is 12.1. The van der Waals surface area contributed by atoms with E-state index in [4.69, 9.17) is 0 Å². The van der Waals surface area contributed by atoms with Gasteiger partial charge < -0.3 is 0 Å². The summed E-state index contributed by atoms with van der Waals surface area (Å²) in [5.41, 5.74) is 14.7. The zero-order valence-electron chi connectivity index (χ0n) is 36.7. The molecule has 13 aromatic rings. The van der Waals surface area contributed by atoms with E-state index < -0.39 is 5.41 Å². The number of rotatable bonds is 5. The fraction of sp³-hybridized carbons (Fsp3) is 0.0149. The summed E-state index contributed by atoms with van der Waals surface area (Å²) in [6.07, 6.45) is 0. The smallest absolute Gasteiger partial charge is 0.0622 e. The van der Waals surface area contributed by atoms with Gasteiger partial charge in [0, 0.05) is 0 Å². The van der Waals surface area contributed by atoms with Crippen LogP contribution in [0, 0.1) is 0 Å². The van der Waals surface area contributed by atoms with Crippen molar-refractivity contribution in [2.75, 3.05) is 0 Å². The molecular formula is C67H42. The molecule has 0 N–H and O–H groups in total. The van der Waals surface area contributed by atoms with Gasteiger partial charge in [-0.1, -0.05) is 243 Å². The van der Waals surface area contributed by atoms with Crippen LogP contribution in [-0.4, -0.2) is 0 Å². The van der Waals surface area contributed by atoms with Crippen LogP contribution in [0.4, 0.5) is 0 Å². The van der Waals surface area contributed by atoms with Gasteiger partial charge in [0.15, 0.2) is 0 Å². The molecule has 0 spiro atoms. The largest absolute Gasteiger partial charge is 0.0725 e. The molecule has 67 heavy (non-hydrogen) atoms. The Morgan fingerprint density at radius 1 is 0.209 bits per heavy atom. The van der Waals surface area contributed by atoms with Crippen LogP contribution in [0.25, 0.3) is 109 Å². The van der Waals surface area contributed by atoms with Gasteiger partial charge >= 0.3 is 0 Å². The molecular weight excluding hydrogens is 805 g/mol. The van der Waals surface area contributed by atoms with Gasteiger partial charge in [0.25, 0.3) is 0 Å². The molecule has 0 bridgehead atoms. The van der Waals surface area contributed by atoms with Crippen LogP contribution in [0.5, 0.6) is 0 Å². The van der Waals surface area contributed by atoms with Crippen LogP contribution in [0.15, 0.2) is 255 Å². The second-order valence-corrected chi connectivity index (χ2v) is 18.2. The number of fused-ring (bicyclic) bond motifs is 13. The molecule has 0 atom stereocenters. The van der Waals surface area contributed by atoms with Gasteiger partial charge in [-0.2, -0.15) is 0 Å². The van der Waals surface area contributed by atoms with Gasteiger partial charge in [-0.05, 0) is 144 Å². The van der Waals surface area contributed by atoms with E-state index in [2.05, 4.69) is 255 Å². The van der Waals surface area contributed by atoms with Crippen LogP contribution in [0.3, 0.4) is 0 Å². The van der Waals surface area contributed by atoms with Crippen molar-refractivity contribution in [2.24, 2.45) is 0 Å². The molecule has 14 rings (SSSR count). The van der Waals surface area contributed by atoms with E-state index >= 15 is 0 Å². The maximum atomic E-state index is 2.46. The second kappa shape index (κ2) is 14.7. The quantitative estimate of drug-likeness (QED) is 0.120. The topological polar surface area (TPSA) is 0 Å². The third-order valence-electron chi connectivity index (χ3n) is 14.9. The predicted octanol–water partition coefficient (Wildman–Crippen LogP) is 18.0. The molecule has 0 nitrogen and oxygen atoms in total. The standard InChI is InChI=1S/C67H42/c1-3-19-50(20-4-1)67(51-21-5-2-6-22-51)65-52-39-38-49(42-48(52)37-40-61(65)64-55-25-11-9-23-53(55)54-24-10-16-30-60(54)66(64)67)63-58-28-14-12-26-56(58)62(57-27-13-15-29-59(57)63)45-34-31-44(32-35-45)47-36-33-43-17-7-8-18-46(43)41-47/h1-42H. The lowest BCUT2D eigenvalue weighted by atomic mass is 9.65. The van der Waals surface area contributed by atoms with E-state index in [1.54, 1.807) is 0 Å². The van der Waals surface area contributed by atoms with Gasteiger partial charge in [-0.3, -0.25) is 0 Å². The highest BCUT2D eigenvalue weighted by Crippen LogP contribution is 2.62. The molecule has 310 valence electrons. The third kappa shape index (κ3) is 5.48. The zero-order chi connectivity index (χ0) is 44.1. The molecule has 0 heterocycles. The molecule has 0 aromatic heterocycles. The minimum Gasteiger partial charge on any atom is -0.0622 e. The number of benzene rings is 13. The van der Waals surface area contributed by atoms with Crippen LogP contribution < -0.4 is 0 Å². The van der Waals surface area contributed by atoms with Gasteiger partial charge in [-0.25, -0.2) is 0 Å². The zero-order valence-corrected chi connectivity index (χ0v) is 36.7. The van der Waals surface area contributed by atoms with Gasteiger partial charge in [0.1, 0.15) is 0 Å². The monoisotopic (exact) mass is 846 g/mol. The maximum absolute atomic E-state index is 2.46. The van der Waals surface area contributed by atoms with Crippen molar-refractivity contribution in [3.63, 3.8) is 0 Å². The van der Waals surface area contributed by atoms with E-state index in [0.29, 0.717) is 0 Å². The molecule has 0 heteroatoms. The molecule has 0 aliphatic heterocycles. The molecule has 0 saturated carbocycles. The van der Waals surface area contributed by atoms with Crippen LogP contribution in [0.1, 0.15) is 22.3 Å². The molecule has 1 aliphatic rings. The minimum absolute atomic E-state index is 0.581. The van der Waals surface area contributed by atoms with Gasteiger partial charge in [-0.15, -0.1) is 0 Å². The Morgan fingerprint density at radius 3 is 1.24 bits per heavy atom. The average Bonchev–Trinajstić information content (AvgIpc) is 3.73. The summed E-state index contributed by atoms with van der Waals surface area (Å²) in [5, 5.41) is 15.2. The van der Waals surface area contributed by atoms with Crippen molar-refractivity contribution < 1.29 is 0 Å². The molecule has 0 unspecified atom stereocenters. The van der Waals surface area contributed by atoms with Crippen molar-refractivity contribution in [3.05, 3.63) is 277 Å². The Labute approximate surface area is 389 Å². The van der Waals surface area contributed by atoms with Gasteiger partial charge in [0.2, 0.25) is 0 Å². The Bertz CT molecular complexity index is 4030. The Kier molecular flexibility index (Phi) is 8.30. The van der Waals surface area contributed by atoms with E-state index in [9.17, 15) is 0 Å². The first-order chi connectivity index (χ1) is 33.3. The SMILES string of the molecule is c1ccc(C2(c3ccccc3)c3c(ccc4cc(-c5c6ccccc6c(-c6ccc(-c7ccc8ccccc8c7)cc6)c6ccccc56)ccc34)-c3c2c2ccccc2c2ccccc32)cc1. The lowest BCUT2D eigenvalue weighted by molar-refractivity contribution is 0.783. The van der Waals surface area contributed by atoms with Crippen LogP contribution in [0.2, 0.25) is 0 Å². The van der Waals surface area contributed by atoms with Crippen molar-refractivity contribution >= 4 is 64.6 Å². The highest BCUT2D eigenvalue weighted by Gasteiger charge is 2.49. The number of hydrogen-bond acceptors (Lipinski definition) is 0. The molecule has 0 amide bonds.